The van der Waals surface area contributed by atoms with Crippen molar-refractivity contribution >= 4 is 17.4 Å². The zero-order chi connectivity index (χ0) is 14.4. The van der Waals surface area contributed by atoms with E-state index in [1.807, 2.05) is 0 Å². The number of ketones is 1. The van der Waals surface area contributed by atoms with Crippen LogP contribution in [0.2, 0.25) is 0 Å². The quantitative estimate of drug-likeness (QED) is 0.512. The van der Waals surface area contributed by atoms with Crippen LogP contribution in [0.3, 0.4) is 0 Å². The van der Waals surface area contributed by atoms with Gasteiger partial charge in [0.25, 0.3) is 0 Å². The molecule has 0 amide bonds. The Morgan fingerprint density at radius 1 is 1.40 bits per heavy atom. The van der Waals surface area contributed by atoms with Gasteiger partial charge in [0.1, 0.15) is 12.4 Å². The minimum atomic E-state index is -0.820. The fourth-order valence-corrected chi connectivity index (χ4v) is 1.98. The molecule has 2 rings (SSSR count). The minimum absolute atomic E-state index is 0.0181. The Morgan fingerprint density at radius 3 is 3.05 bits per heavy atom. The van der Waals surface area contributed by atoms with Gasteiger partial charge in [0.2, 0.25) is 0 Å². The predicted octanol–water partition coefficient (Wildman–Crippen LogP) is 1.13. The molecule has 0 aromatic heterocycles. The molecule has 0 atom stereocenters. The Kier molecular flexibility index (Phi) is 4.95. The van der Waals surface area contributed by atoms with Crippen LogP contribution >= 0.6 is 0 Å². The monoisotopic (exact) mass is 278 g/mol. The zero-order valence-corrected chi connectivity index (χ0v) is 11.1. The van der Waals surface area contributed by atoms with Gasteiger partial charge in [-0.15, -0.1) is 0 Å². The molecule has 0 saturated heterocycles. The third-order valence-corrected chi connectivity index (χ3v) is 3.01. The van der Waals surface area contributed by atoms with Crippen molar-refractivity contribution in [2.45, 2.75) is 12.8 Å². The van der Waals surface area contributed by atoms with Gasteiger partial charge >= 0.3 is 5.97 Å². The Bertz CT molecular complexity index is 502. The van der Waals surface area contributed by atoms with Crippen molar-refractivity contribution < 1.29 is 19.4 Å². The summed E-state index contributed by atoms with van der Waals surface area (Å²) in [5.74, 6) is -0.0726. The van der Waals surface area contributed by atoms with E-state index in [4.69, 9.17) is 9.84 Å². The number of carbonyl (C=O) groups is 2. The highest BCUT2D eigenvalue weighted by molar-refractivity contribution is 5.98. The van der Waals surface area contributed by atoms with Crippen molar-refractivity contribution in [2.75, 3.05) is 31.6 Å². The summed E-state index contributed by atoms with van der Waals surface area (Å²) in [4.78, 5) is 22.3. The molecule has 1 aliphatic rings. The second-order valence-electron chi connectivity index (χ2n) is 4.58. The summed E-state index contributed by atoms with van der Waals surface area (Å²) < 4.78 is 5.45. The first kappa shape index (κ1) is 14.3. The van der Waals surface area contributed by atoms with E-state index in [-0.39, 0.29) is 18.7 Å². The van der Waals surface area contributed by atoms with E-state index >= 15 is 0 Å². The lowest BCUT2D eigenvalue weighted by Crippen LogP contribution is -2.25. The number of aliphatic carboxylic acids is 1. The van der Waals surface area contributed by atoms with Gasteiger partial charge in [-0.05, 0) is 31.2 Å². The highest BCUT2D eigenvalue weighted by Gasteiger charge is 2.13. The summed E-state index contributed by atoms with van der Waals surface area (Å²) in [5.41, 5.74) is 1.46. The van der Waals surface area contributed by atoms with Gasteiger partial charge in [-0.1, -0.05) is 0 Å². The molecular formula is C14H18N2O4. The number of carbonyl (C=O) groups excluding carboxylic acids is 1. The van der Waals surface area contributed by atoms with Crippen LogP contribution < -0.4 is 15.4 Å². The molecule has 20 heavy (non-hydrogen) atoms. The number of hydrogen-bond acceptors (Lipinski definition) is 5. The minimum Gasteiger partial charge on any atom is -0.490 e. The molecule has 0 unspecified atom stereocenters. The summed E-state index contributed by atoms with van der Waals surface area (Å²) in [5, 5.41) is 14.6. The normalized spacial score (nSPS) is 13.0. The first-order valence-electron chi connectivity index (χ1n) is 6.63. The van der Waals surface area contributed by atoms with Crippen LogP contribution in [0.4, 0.5) is 5.69 Å². The van der Waals surface area contributed by atoms with Gasteiger partial charge < -0.3 is 20.5 Å². The average Bonchev–Trinajstić information content (AvgIpc) is 2.46. The molecule has 0 bridgehead atoms. The van der Waals surface area contributed by atoms with Crippen molar-refractivity contribution in [3.63, 3.8) is 0 Å². The summed E-state index contributed by atoms with van der Waals surface area (Å²) in [6.07, 6.45) is 0.628. The standard InChI is InChI=1S/C14H18N2O4/c17-12(9-15-5-1-2-14(18)19)10-3-4-13-11(8-10)16-6-7-20-13/h3-4,8,15-16H,1-2,5-7,9H2,(H,18,19). The van der Waals surface area contributed by atoms with Crippen LogP contribution in [0.5, 0.6) is 5.75 Å². The molecule has 0 fully saturated rings. The van der Waals surface area contributed by atoms with Crippen LogP contribution in [0.25, 0.3) is 0 Å². The number of fused-ring (bicyclic) bond motifs is 1. The van der Waals surface area contributed by atoms with E-state index in [0.29, 0.717) is 25.1 Å². The summed E-state index contributed by atoms with van der Waals surface area (Å²) in [6, 6.07) is 5.32. The summed E-state index contributed by atoms with van der Waals surface area (Å²) in [6.45, 7) is 2.09. The lowest BCUT2D eigenvalue weighted by atomic mass is 10.1. The van der Waals surface area contributed by atoms with Crippen molar-refractivity contribution in [3.8, 4) is 5.75 Å². The van der Waals surface area contributed by atoms with Crippen LogP contribution in [0, 0.1) is 0 Å². The molecule has 108 valence electrons. The number of carboxylic acid groups (broad SMARTS) is 1. The van der Waals surface area contributed by atoms with Gasteiger partial charge in [0.05, 0.1) is 12.2 Å². The van der Waals surface area contributed by atoms with Gasteiger partial charge in [-0.25, -0.2) is 0 Å². The topological polar surface area (TPSA) is 87.7 Å². The third-order valence-electron chi connectivity index (χ3n) is 3.01. The van der Waals surface area contributed by atoms with Gasteiger partial charge in [0.15, 0.2) is 5.78 Å². The first-order valence-corrected chi connectivity index (χ1v) is 6.63. The molecule has 1 aromatic carbocycles. The highest BCUT2D eigenvalue weighted by atomic mass is 16.5. The molecule has 3 N–H and O–H groups in total. The molecule has 1 aliphatic heterocycles. The number of hydrogen-bond donors (Lipinski definition) is 3. The molecule has 0 saturated carbocycles. The Hall–Kier alpha value is -2.08. The number of carboxylic acids is 1. The fraction of sp³-hybridized carbons (Fsp3) is 0.429. The maximum absolute atomic E-state index is 12.0. The Labute approximate surface area is 117 Å². The van der Waals surface area contributed by atoms with Crippen LogP contribution in [-0.4, -0.2) is 43.1 Å². The SMILES string of the molecule is O=C(O)CCCNCC(=O)c1ccc2c(c1)NCCO2. The van der Waals surface area contributed by atoms with E-state index in [2.05, 4.69) is 10.6 Å². The summed E-state index contributed by atoms with van der Waals surface area (Å²) >= 11 is 0. The molecule has 1 aromatic rings. The first-order chi connectivity index (χ1) is 9.66. The van der Waals surface area contributed by atoms with E-state index in [1.54, 1.807) is 18.2 Å². The molecule has 0 spiro atoms. The zero-order valence-electron chi connectivity index (χ0n) is 11.1. The second-order valence-corrected chi connectivity index (χ2v) is 4.58. The predicted molar refractivity (Wildman–Crippen MR) is 74.5 cm³/mol. The van der Waals surface area contributed by atoms with Crippen molar-refractivity contribution in [2.24, 2.45) is 0 Å². The van der Waals surface area contributed by atoms with E-state index in [1.165, 1.54) is 0 Å². The van der Waals surface area contributed by atoms with Gasteiger partial charge in [0, 0.05) is 18.5 Å². The number of nitrogens with one attached hydrogen (secondary N) is 2. The lowest BCUT2D eigenvalue weighted by molar-refractivity contribution is -0.137. The average molecular weight is 278 g/mol. The summed E-state index contributed by atoms with van der Waals surface area (Å²) in [7, 11) is 0. The molecule has 6 nitrogen and oxygen atoms in total. The van der Waals surface area contributed by atoms with E-state index in [0.717, 1.165) is 18.0 Å². The molecular weight excluding hydrogens is 260 g/mol. The molecule has 0 aliphatic carbocycles. The van der Waals surface area contributed by atoms with Gasteiger partial charge in [-0.2, -0.15) is 0 Å². The van der Waals surface area contributed by atoms with Crippen LogP contribution in [0.15, 0.2) is 18.2 Å². The highest BCUT2D eigenvalue weighted by Crippen LogP contribution is 2.28. The lowest BCUT2D eigenvalue weighted by Gasteiger charge is -2.19. The second kappa shape index (κ2) is 6.91. The van der Waals surface area contributed by atoms with Crippen molar-refractivity contribution in [1.29, 1.82) is 0 Å². The van der Waals surface area contributed by atoms with E-state index in [9.17, 15) is 9.59 Å². The largest absolute Gasteiger partial charge is 0.490 e. The number of ether oxygens (including phenoxy) is 1. The fourth-order valence-electron chi connectivity index (χ4n) is 1.98. The van der Waals surface area contributed by atoms with Gasteiger partial charge in [-0.3, -0.25) is 9.59 Å². The molecule has 1 heterocycles. The Morgan fingerprint density at radius 2 is 2.25 bits per heavy atom. The maximum Gasteiger partial charge on any atom is 0.303 e. The van der Waals surface area contributed by atoms with Crippen molar-refractivity contribution in [1.82, 2.24) is 5.32 Å². The van der Waals surface area contributed by atoms with Crippen LogP contribution in [0.1, 0.15) is 23.2 Å². The number of anilines is 1. The third kappa shape index (κ3) is 3.96. The number of Topliss-reactive ketones (excluding diaryl/α,β-unsaturated/α-hetero) is 1. The number of benzene rings is 1. The van der Waals surface area contributed by atoms with Crippen molar-refractivity contribution in [3.05, 3.63) is 23.8 Å². The molecule has 6 heteroatoms. The Balaban J connectivity index is 1.82. The number of rotatable bonds is 7. The smallest absolute Gasteiger partial charge is 0.303 e. The maximum atomic E-state index is 12.0. The van der Waals surface area contributed by atoms with E-state index < -0.39 is 5.97 Å². The molecule has 0 radical (unpaired) electrons. The van der Waals surface area contributed by atoms with Crippen LogP contribution in [-0.2, 0) is 4.79 Å².